The molecule has 3 heterocycles. The van der Waals surface area contributed by atoms with E-state index in [1.54, 1.807) is 13.8 Å². The minimum Gasteiger partial charge on any atom is -0.390 e. The first-order chi connectivity index (χ1) is 20.7. The first-order valence-electron chi connectivity index (χ1n) is 18.1. The molecule has 4 unspecified atom stereocenters. The van der Waals surface area contributed by atoms with Gasteiger partial charge in [0.1, 0.15) is 0 Å². The Morgan fingerprint density at radius 3 is 2.39 bits per heavy atom. The molecule has 8 rings (SSSR count). The topological polar surface area (TPSA) is 107 Å². The van der Waals surface area contributed by atoms with Gasteiger partial charge in [-0.15, -0.1) is 0 Å². The Hall–Kier alpha value is -0.320. The van der Waals surface area contributed by atoms with Crippen LogP contribution in [0.2, 0.25) is 0 Å². The molecule has 0 radical (unpaired) electrons. The highest BCUT2D eigenvalue weighted by molar-refractivity contribution is 5.32. The third-order valence-electron chi connectivity index (χ3n) is 16.2. The number of hydrogen-bond donors (Lipinski definition) is 3. The molecule has 0 aromatic rings. The highest BCUT2D eigenvalue weighted by Crippen LogP contribution is 2.89. The SMILES string of the molecule is CC(C)(O)[C@@H](N)C1CC[C@H]2C(O1)[C@H](O)[C@@]1(C)C3CC[C@H]4C(C)(C)[C@@H](OC5CN(C6COC6)CCO5)CC[C@@]45C[C@@]35CC[C@]21C. The van der Waals surface area contributed by atoms with Gasteiger partial charge in [-0.05, 0) is 111 Å². The lowest BCUT2D eigenvalue weighted by Gasteiger charge is -2.63. The summed E-state index contributed by atoms with van der Waals surface area (Å²) in [5.74, 6) is 1.51. The van der Waals surface area contributed by atoms with Gasteiger partial charge in [0.2, 0.25) is 0 Å². The molecule has 44 heavy (non-hydrogen) atoms. The smallest absolute Gasteiger partial charge is 0.170 e. The highest BCUT2D eigenvalue weighted by Gasteiger charge is 2.84. The van der Waals surface area contributed by atoms with Crippen molar-refractivity contribution in [2.45, 2.75) is 148 Å². The van der Waals surface area contributed by atoms with Crippen molar-refractivity contribution < 1.29 is 29.2 Å². The molecule has 0 amide bonds. The molecule has 5 aliphatic carbocycles. The maximum atomic E-state index is 12.3. The fourth-order valence-electron chi connectivity index (χ4n) is 13.4. The van der Waals surface area contributed by atoms with Gasteiger partial charge in [0.25, 0.3) is 0 Å². The van der Waals surface area contributed by atoms with E-state index in [0.717, 1.165) is 52.2 Å². The van der Waals surface area contributed by atoms with Gasteiger partial charge in [-0.3, -0.25) is 4.90 Å². The second-order valence-electron chi connectivity index (χ2n) is 18.3. The maximum Gasteiger partial charge on any atom is 0.170 e. The summed E-state index contributed by atoms with van der Waals surface area (Å²) in [6.45, 7) is 17.7. The summed E-state index contributed by atoms with van der Waals surface area (Å²) in [5.41, 5.74) is 6.17. The van der Waals surface area contributed by atoms with Crippen LogP contribution in [-0.2, 0) is 18.9 Å². The number of ether oxygens (including phenoxy) is 4. The molecule has 0 aromatic heterocycles. The second-order valence-corrected chi connectivity index (χ2v) is 18.3. The fraction of sp³-hybridized carbons (Fsp3) is 1.00. The number of nitrogens with zero attached hydrogens (tertiary/aromatic N) is 1. The van der Waals surface area contributed by atoms with Gasteiger partial charge in [0.05, 0.1) is 68.5 Å². The van der Waals surface area contributed by atoms with Gasteiger partial charge >= 0.3 is 0 Å². The quantitative estimate of drug-likeness (QED) is 0.424. The number of aliphatic hydroxyl groups is 2. The van der Waals surface area contributed by atoms with E-state index in [-0.39, 0.29) is 40.8 Å². The molecule has 8 heteroatoms. The average molecular weight is 617 g/mol. The molecule has 4 N–H and O–H groups in total. The second kappa shape index (κ2) is 9.87. The highest BCUT2D eigenvalue weighted by atomic mass is 16.7. The number of morpholine rings is 1. The summed E-state index contributed by atoms with van der Waals surface area (Å²) in [5, 5.41) is 23.0. The third-order valence-corrected chi connectivity index (χ3v) is 16.2. The molecule has 3 saturated heterocycles. The van der Waals surface area contributed by atoms with Crippen molar-refractivity contribution in [1.82, 2.24) is 4.90 Å². The van der Waals surface area contributed by atoms with Crippen LogP contribution in [0, 0.1) is 44.8 Å². The predicted molar refractivity (Wildman–Crippen MR) is 167 cm³/mol. The molecule has 5 saturated carbocycles. The number of aliphatic hydroxyl groups excluding tert-OH is 1. The molecular weight excluding hydrogens is 556 g/mol. The van der Waals surface area contributed by atoms with Gasteiger partial charge in [0.15, 0.2) is 6.29 Å². The Kier molecular flexibility index (Phi) is 6.95. The summed E-state index contributed by atoms with van der Waals surface area (Å²) >= 11 is 0. The van der Waals surface area contributed by atoms with Crippen molar-refractivity contribution in [2.24, 2.45) is 50.6 Å². The van der Waals surface area contributed by atoms with Crippen LogP contribution >= 0.6 is 0 Å². The number of hydrogen-bond acceptors (Lipinski definition) is 8. The summed E-state index contributed by atoms with van der Waals surface area (Å²) in [7, 11) is 0. The molecule has 2 spiro atoms. The van der Waals surface area contributed by atoms with Gasteiger partial charge in [-0.25, -0.2) is 0 Å². The molecule has 8 nitrogen and oxygen atoms in total. The monoisotopic (exact) mass is 616 g/mol. The van der Waals surface area contributed by atoms with Gasteiger partial charge < -0.3 is 34.9 Å². The van der Waals surface area contributed by atoms with Gasteiger partial charge in [-0.1, -0.05) is 27.7 Å². The van der Waals surface area contributed by atoms with E-state index in [2.05, 4.69) is 32.6 Å². The summed E-state index contributed by atoms with van der Waals surface area (Å²) in [6.07, 6.45) is 9.58. The van der Waals surface area contributed by atoms with Crippen molar-refractivity contribution in [2.75, 3.05) is 32.9 Å². The zero-order valence-electron chi connectivity index (χ0n) is 28.2. The van der Waals surface area contributed by atoms with Crippen LogP contribution in [0.5, 0.6) is 0 Å². The van der Waals surface area contributed by atoms with E-state index < -0.39 is 17.7 Å². The van der Waals surface area contributed by atoms with E-state index >= 15 is 0 Å². The standard InChI is InChI=1S/C36H60N2O6/c1-31(2)24-9-10-25-34(6)30(39)28-22(7-8-23(43-28)29(37)32(3,4)40)33(34,5)13-14-36(25)20-35(24,36)12-11-26(31)44-27-17-38(15-16-42-27)21-18-41-19-21/h21-30,39-40H,7-20,37H2,1-6H3/t22-,23?,24-,25?,26-,27?,28?,29-,30-,33+,34+,35+,36-/m0/s1. The van der Waals surface area contributed by atoms with Crippen molar-refractivity contribution in [1.29, 1.82) is 0 Å². The summed E-state index contributed by atoms with van der Waals surface area (Å²) in [6, 6.07) is 0.0678. The van der Waals surface area contributed by atoms with Crippen molar-refractivity contribution >= 4 is 0 Å². The van der Waals surface area contributed by atoms with Crippen molar-refractivity contribution in [3.8, 4) is 0 Å². The summed E-state index contributed by atoms with van der Waals surface area (Å²) < 4.78 is 25.3. The van der Waals surface area contributed by atoms with Crippen molar-refractivity contribution in [3.63, 3.8) is 0 Å². The molecule has 0 aromatic carbocycles. The van der Waals surface area contributed by atoms with Gasteiger partial charge in [-0.2, -0.15) is 0 Å². The van der Waals surface area contributed by atoms with Gasteiger partial charge in [0, 0.05) is 12.0 Å². The fourth-order valence-corrected chi connectivity index (χ4v) is 13.4. The zero-order valence-corrected chi connectivity index (χ0v) is 28.2. The Balaban J connectivity index is 1.02. The molecule has 250 valence electrons. The van der Waals surface area contributed by atoms with Crippen LogP contribution in [0.15, 0.2) is 0 Å². The molecule has 3 aliphatic heterocycles. The van der Waals surface area contributed by atoms with E-state index in [1.165, 1.54) is 38.5 Å². The van der Waals surface area contributed by atoms with E-state index in [9.17, 15) is 10.2 Å². The Bertz CT molecular complexity index is 1140. The lowest BCUT2D eigenvalue weighted by atomic mass is 9.41. The lowest BCUT2D eigenvalue weighted by molar-refractivity contribution is -0.256. The average Bonchev–Trinajstić information content (AvgIpc) is 3.58. The number of nitrogens with two attached hydrogens (primary N) is 1. The minimum atomic E-state index is -1.01. The van der Waals surface area contributed by atoms with Crippen LogP contribution in [0.1, 0.15) is 99.3 Å². The Labute approximate surface area is 265 Å². The maximum absolute atomic E-state index is 12.3. The van der Waals surface area contributed by atoms with Crippen LogP contribution in [-0.4, -0.2) is 96.4 Å². The molecule has 13 atom stereocenters. The summed E-state index contributed by atoms with van der Waals surface area (Å²) in [4.78, 5) is 2.50. The first kappa shape index (κ1) is 31.0. The molecule has 8 fully saturated rings. The molecular formula is C36H60N2O6. The lowest BCUT2D eigenvalue weighted by Crippen LogP contribution is -2.60. The van der Waals surface area contributed by atoms with Crippen LogP contribution in [0.3, 0.4) is 0 Å². The van der Waals surface area contributed by atoms with E-state index in [0.29, 0.717) is 34.6 Å². The number of fused-ring (bicyclic) bond motifs is 4. The van der Waals surface area contributed by atoms with Crippen LogP contribution in [0.4, 0.5) is 0 Å². The van der Waals surface area contributed by atoms with Crippen LogP contribution < -0.4 is 5.73 Å². The third kappa shape index (κ3) is 3.92. The molecule has 8 aliphatic rings. The predicted octanol–water partition coefficient (Wildman–Crippen LogP) is 4.09. The Morgan fingerprint density at radius 1 is 0.955 bits per heavy atom. The largest absolute Gasteiger partial charge is 0.390 e. The van der Waals surface area contributed by atoms with Crippen molar-refractivity contribution in [3.05, 3.63) is 0 Å². The normalized spacial score (nSPS) is 54.2. The molecule has 0 bridgehead atoms. The van der Waals surface area contributed by atoms with E-state index in [1.807, 2.05) is 0 Å². The zero-order chi connectivity index (χ0) is 31.1. The first-order valence-corrected chi connectivity index (χ1v) is 18.1. The van der Waals surface area contributed by atoms with E-state index in [4.69, 9.17) is 24.7 Å². The Morgan fingerprint density at radius 2 is 1.68 bits per heavy atom. The minimum absolute atomic E-state index is 0.0545. The number of rotatable bonds is 5. The van der Waals surface area contributed by atoms with Crippen LogP contribution in [0.25, 0.3) is 0 Å².